The zero-order valence-electron chi connectivity index (χ0n) is 20.1. The van der Waals surface area contributed by atoms with Gasteiger partial charge >= 0.3 is 0 Å². The minimum absolute atomic E-state index is 0.0254. The first kappa shape index (κ1) is 24.6. The first-order valence-electron chi connectivity index (χ1n) is 11.5. The lowest BCUT2D eigenvalue weighted by Gasteiger charge is -2.37. The highest BCUT2D eigenvalue weighted by Gasteiger charge is 2.23. The molecule has 0 saturated carbocycles. The molecule has 10 heteroatoms. The molecular formula is C25H29N5O4S. The summed E-state index contributed by atoms with van der Waals surface area (Å²) >= 11 is 1.18. The van der Waals surface area contributed by atoms with E-state index in [-0.39, 0.29) is 23.5 Å². The normalized spacial score (nSPS) is 13.7. The Morgan fingerprint density at radius 2 is 1.83 bits per heavy atom. The molecular weight excluding hydrogens is 466 g/mol. The number of carbonyl (C=O) groups excluding carboxylic acids is 2. The largest absolute Gasteiger partial charge is 0.497 e. The van der Waals surface area contributed by atoms with Crippen molar-refractivity contribution in [3.8, 4) is 17.2 Å². The fraction of sp³-hybridized carbons (Fsp3) is 0.360. The van der Waals surface area contributed by atoms with E-state index < -0.39 is 0 Å². The van der Waals surface area contributed by atoms with Crippen molar-refractivity contribution in [2.24, 2.45) is 5.92 Å². The van der Waals surface area contributed by atoms with Crippen LogP contribution >= 0.6 is 11.8 Å². The summed E-state index contributed by atoms with van der Waals surface area (Å²) in [5.41, 5.74) is 2.54. The standard InChI is InChI=1S/C25H29N5O4S/c1-17(2)24(32)30-13-11-29(12-14-30)20-9-7-19(8-10-20)26-22(31)16-35-25-28-27-23(34-25)18-5-4-6-21(15-18)33-3/h4-10,15,17H,11-14,16H2,1-3H3,(H,26,31). The van der Waals surface area contributed by atoms with Crippen molar-refractivity contribution < 1.29 is 18.7 Å². The van der Waals surface area contributed by atoms with Crippen LogP contribution in [0.4, 0.5) is 11.4 Å². The van der Waals surface area contributed by atoms with E-state index in [9.17, 15) is 9.59 Å². The highest BCUT2D eigenvalue weighted by Crippen LogP contribution is 2.26. The number of hydrogen-bond donors (Lipinski definition) is 1. The Labute approximate surface area is 208 Å². The van der Waals surface area contributed by atoms with Gasteiger partial charge in [-0.15, -0.1) is 10.2 Å². The lowest BCUT2D eigenvalue weighted by atomic mass is 10.1. The Balaban J connectivity index is 1.25. The highest BCUT2D eigenvalue weighted by molar-refractivity contribution is 7.99. The molecule has 4 rings (SSSR count). The summed E-state index contributed by atoms with van der Waals surface area (Å²) in [6.45, 7) is 6.90. The van der Waals surface area contributed by atoms with E-state index in [4.69, 9.17) is 9.15 Å². The molecule has 1 aliphatic rings. The van der Waals surface area contributed by atoms with Crippen molar-refractivity contribution in [3.63, 3.8) is 0 Å². The zero-order chi connectivity index (χ0) is 24.8. The Morgan fingerprint density at radius 3 is 2.51 bits per heavy atom. The van der Waals surface area contributed by atoms with Crippen LogP contribution in [-0.2, 0) is 9.59 Å². The van der Waals surface area contributed by atoms with E-state index in [1.807, 2.05) is 67.3 Å². The van der Waals surface area contributed by atoms with Crippen LogP contribution in [0.25, 0.3) is 11.5 Å². The van der Waals surface area contributed by atoms with Crippen LogP contribution in [0.5, 0.6) is 5.75 Å². The number of benzene rings is 2. The molecule has 1 aromatic heterocycles. The molecule has 3 aromatic rings. The summed E-state index contributed by atoms with van der Waals surface area (Å²) in [7, 11) is 1.60. The van der Waals surface area contributed by atoms with Crippen LogP contribution in [0.15, 0.2) is 58.2 Å². The Kier molecular flexibility index (Phi) is 7.91. The van der Waals surface area contributed by atoms with Gasteiger partial charge < -0.3 is 24.3 Å². The van der Waals surface area contributed by atoms with Gasteiger partial charge in [-0.05, 0) is 42.5 Å². The summed E-state index contributed by atoms with van der Waals surface area (Å²) in [5, 5.41) is 11.3. The van der Waals surface area contributed by atoms with Crippen molar-refractivity contribution in [1.82, 2.24) is 15.1 Å². The number of piperazine rings is 1. The zero-order valence-corrected chi connectivity index (χ0v) is 20.9. The van der Waals surface area contributed by atoms with Crippen LogP contribution in [0, 0.1) is 5.92 Å². The summed E-state index contributed by atoms with van der Waals surface area (Å²) in [6, 6.07) is 15.1. The average Bonchev–Trinajstić information content (AvgIpc) is 3.37. The highest BCUT2D eigenvalue weighted by atomic mass is 32.2. The number of methoxy groups -OCH3 is 1. The fourth-order valence-electron chi connectivity index (χ4n) is 3.77. The Bertz CT molecular complexity index is 1160. The van der Waals surface area contributed by atoms with Crippen LogP contribution < -0.4 is 15.0 Å². The van der Waals surface area contributed by atoms with Crippen molar-refractivity contribution >= 4 is 35.0 Å². The number of rotatable bonds is 8. The number of aromatic nitrogens is 2. The lowest BCUT2D eigenvalue weighted by molar-refractivity contribution is -0.134. The monoisotopic (exact) mass is 495 g/mol. The molecule has 35 heavy (non-hydrogen) atoms. The summed E-state index contributed by atoms with van der Waals surface area (Å²) in [6.07, 6.45) is 0. The van der Waals surface area contributed by atoms with Gasteiger partial charge in [-0.1, -0.05) is 31.7 Å². The number of thioether (sulfide) groups is 1. The number of anilines is 2. The summed E-state index contributed by atoms with van der Waals surface area (Å²) < 4.78 is 10.9. The SMILES string of the molecule is COc1cccc(-c2nnc(SCC(=O)Nc3ccc(N4CCN(C(=O)C(C)C)CC4)cc3)o2)c1. The molecule has 0 bridgehead atoms. The molecule has 2 heterocycles. The first-order chi connectivity index (χ1) is 16.9. The maximum Gasteiger partial charge on any atom is 0.277 e. The molecule has 9 nitrogen and oxygen atoms in total. The molecule has 1 saturated heterocycles. The maximum absolute atomic E-state index is 12.4. The summed E-state index contributed by atoms with van der Waals surface area (Å²) in [4.78, 5) is 28.7. The van der Waals surface area contributed by atoms with E-state index in [1.165, 1.54) is 11.8 Å². The molecule has 2 amide bonds. The smallest absolute Gasteiger partial charge is 0.277 e. The first-order valence-corrected chi connectivity index (χ1v) is 12.5. The van der Waals surface area contributed by atoms with Gasteiger partial charge in [0.2, 0.25) is 17.7 Å². The van der Waals surface area contributed by atoms with Gasteiger partial charge in [-0.3, -0.25) is 9.59 Å². The van der Waals surface area contributed by atoms with Gasteiger partial charge in [0.05, 0.1) is 12.9 Å². The van der Waals surface area contributed by atoms with Crippen LogP contribution in [-0.4, -0.2) is 66.0 Å². The quantitative estimate of drug-likeness (QED) is 0.471. The number of nitrogens with one attached hydrogen (secondary N) is 1. The molecule has 1 fully saturated rings. The molecule has 0 spiro atoms. The predicted octanol–water partition coefficient (Wildman–Crippen LogP) is 3.78. The number of ether oxygens (including phenoxy) is 1. The molecule has 184 valence electrons. The molecule has 1 aliphatic heterocycles. The third-order valence-electron chi connectivity index (χ3n) is 5.65. The molecule has 0 aliphatic carbocycles. The van der Waals surface area contributed by atoms with Gasteiger partial charge in [-0.2, -0.15) is 0 Å². The van der Waals surface area contributed by atoms with Gasteiger partial charge in [0.15, 0.2) is 0 Å². The maximum atomic E-state index is 12.4. The predicted molar refractivity (Wildman–Crippen MR) is 136 cm³/mol. The van der Waals surface area contributed by atoms with Crippen molar-refractivity contribution in [3.05, 3.63) is 48.5 Å². The molecule has 1 N–H and O–H groups in total. The van der Waals surface area contributed by atoms with Crippen LogP contribution in [0.1, 0.15) is 13.8 Å². The second-order valence-corrected chi connectivity index (χ2v) is 9.38. The lowest BCUT2D eigenvalue weighted by Crippen LogP contribution is -2.49. The number of hydrogen-bond acceptors (Lipinski definition) is 8. The minimum atomic E-state index is -0.162. The van der Waals surface area contributed by atoms with E-state index in [1.54, 1.807) is 7.11 Å². The molecule has 2 aromatic carbocycles. The molecule has 0 unspecified atom stereocenters. The third kappa shape index (κ3) is 6.33. The average molecular weight is 496 g/mol. The number of amides is 2. The van der Waals surface area contributed by atoms with Crippen molar-refractivity contribution in [1.29, 1.82) is 0 Å². The number of carbonyl (C=O) groups is 2. The molecule has 0 radical (unpaired) electrons. The van der Waals surface area contributed by atoms with Crippen LogP contribution in [0.3, 0.4) is 0 Å². The van der Waals surface area contributed by atoms with Gasteiger partial charge in [0.1, 0.15) is 5.75 Å². The minimum Gasteiger partial charge on any atom is -0.497 e. The van der Waals surface area contributed by atoms with Gasteiger partial charge in [-0.25, -0.2) is 0 Å². The third-order valence-corrected chi connectivity index (χ3v) is 6.47. The fourth-order valence-corrected chi connectivity index (χ4v) is 4.33. The van der Waals surface area contributed by atoms with Crippen molar-refractivity contribution in [2.45, 2.75) is 19.1 Å². The number of nitrogens with zero attached hydrogens (tertiary/aromatic N) is 4. The van der Waals surface area contributed by atoms with E-state index in [2.05, 4.69) is 20.4 Å². The second kappa shape index (κ2) is 11.3. The topological polar surface area (TPSA) is 101 Å². The second-order valence-electron chi connectivity index (χ2n) is 8.46. The summed E-state index contributed by atoms with van der Waals surface area (Å²) in [5.74, 6) is 1.29. The van der Waals surface area contributed by atoms with E-state index in [0.717, 1.165) is 43.1 Å². The van der Waals surface area contributed by atoms with Crippen LogP contribution in [0.2, 0.25) is 0 Å². The Hall–Kier alpha value is -3.53. The van der Waals surface area contributed by atoms with E-state index in [0.29, 0.717) is 16.9 Å². The molecule has 0 atom stereocenters. The van der Waals surface area contributed by atoms with Gasteiger partial charge in [0, 0.05) is 49.0 Å². The Morgan fingerprint density at radius 1 is 1.09 bits per heavy atom. The van der Waals surface area contributed by atoms with E-state index >= 15 is 0 Å². The van der Waals surface area contributed by atoms with Gasteiger partial charge in [0.25, 0.3) is 5.22 Å². The van der Waals surface area contributed by atoms with Crippen molar-refractivity contribution in [2.75, 3.05) is 49.3 Å².